The van der Waals surface area contributed by atoms with Crippen LogP contribution in [0.15, 0.2) is 78.4 Å². The van der Waals surface area contributed by atoms with Crippen LogP contribution >= 0.6 is 0 Å². The number of hydrogen-bond donors (Lipinski definition) is 0. The predicted octanol–water partition coefficient (Wildman–Crippen LogP) is 5.36. The molecule has 1 unspecified atom stereocenters. The van der Waals surface area contributed by atoms with E-state index in [1.54, 1.807) is 12.1 Å². The molecule has 0 radical (unpaired) electrons. The third-order valence-electron chi connectivity index (χ3n) is 6.36. The van der Waals surface area contributed by atoms with E-state index in [-0.39, 0.29) is 5.82 Å². The van der Waals surface area contributed by atoms with Crippen LogP contribution in [0.25, 0.3) is 5.57 Å². The van der Waals surface area contributed by atoms with Crippen molar-refractivity contribution < 1.29 is 4.39 Å². The Hall–Kier alpha value is -2.49. The standard InChI is InChI=1S/C26H27FN2/c27-22-8-5-6-20(18-22)19-28-14-16-29(17-15-28)26-13-12-21-7-1-2-9-23(21)24-10-3-4-11-25(24)26/h1,3-8,10-13,18,26H,2,9,14-17,19H2. The Morgan fingerprint density at radius 1 is 0.931 bits per heavy atom. The van der Waals surface area contributed by atoms with Gasteiger partial charge in [-0.25, -0.2) is 4.39 Å². The normalized spacial score (nSPS) is 22.3. The minimum Gasteiger partial charge on any atom is -0.297 e. The SMILES string of the molecule is Fc1cccc(CN2CCN(C3C=CC4=C(CCC=C4)c4ccccc43)CC2)c1. The second-order valence-corrected chi connectivity index (χ2v) is 8.21. The van der Waals surface area contributed by atoms with Crippen LogP contribution in [0.2, 0.25) is 0 Å². The van der Waals surface area contributed by atoms with Crippen LogP contribution in [-0.2, 0) is 6.54 Å². The van der Waals surface area contributed by atoms with Crippen molar-refractivity contribution in [1.29, 1.82) is 0 Å². The van der Waals surface area contributed by atoms with Gasteiger partial charge in [-0.2, -0.15) is 0 Å². The van der Waals surface area contributed by atoms with E-state index in [4.69, 9.17) is 0 Å². The van der Waals surface area contributed by atoms with E-state index in [1.807, 2.05) is 6.07 Å². The van der Waals surface area contributed by atoms with Crippen molar-refractivity contribution in [2.75, 3.05) is 26.2 Å². The molecule has 2 aromatic carbocycles. The number of rotatable bonds is 3. The number of hydrogen-bond acceptors (Lipinski definition) is 2. The topological polar surface area (TPSA) is 6.48 Å². The maximum Gasteiger partial charge on any atom is 0.123 e. The maximum atomic E-state index is 13.5. The highest BCUT2D eigenvalue weighted by Crippen LogP contribution is 2.39. The number of piperazine rings is 1. The molecule has 0 saturated carbocycles. The first-order valence-corrected chi connectivity index (χ1v) is 10.7. The number of benzene rings is 2. The Morgan fingerprint density at radius 2 is 1.79 bits per heavy atom. The summed E-state index contributed by atoms with van der Waals surface area (Å²) in [6.07, 6.45) is 11.5. The molecule has 1 heterocycles. The van der Waals surface area contributed by atoms with Crippen molar-refractivity contribution in [3.8, 4) is 0 Å². The Balaban J connectivity index is 1.33. The summed E-state index contributed by atoms with van der Waals surface area (Å²) in [6, 6.07) is 16.2. The van der Waals surface area contributed by atoms with Gasteiger partial charge in [0.2, 0.25) is 0 Å². The van der Waals surface area contributed by atoms with Gasteiger partial charge in [-0.1, -0.05) is 60.7 Å². The molecule has 29 heavy (non-hydrogen) atoms. The quantitative estimate of drug-likeness (QED) is 0.701. The van der Waals surface area contributed by atoms with Gasteiger partial charge in [-0.15, -0.1) is 0 Å². The number of fused-ring (bicyclic) bond motifs is 2. The van der Waals surface area contributed by atoms with E-state index in [1.165, 1.54) is 28.3 Å². The average molecular weight is 387 g/mol. The lowest BCUT2D eigenvalue weighted by molar-refractivity contribution is 0.107. The molecule has 148 valence electrons. The number of allylic oxidation sites excluding steroid dienone is 5. The smallest absolute Gasteiger partial charge is 0.123 e. The Kier molecular flexibility index (Phi) is 5.17. The van der Waals surface area contributed by atoms with Gasteiger partial charge in [-0.05, 0) is 52.8 Å². The van der Waals surface area contributed by atoms with Gasteiger partial charge in [-0.3, -0.25) is 9.80 Å². The Morgan fingerprint density at radius 3 is 2.66 bits per heavy atom. The fourth-order valence-corrected chi connectivity index (χ4v) is 4.87. The lowest BCUT2D eigenvalue weighted by Crippen LogP contribution is -2.46. The van der Waals surface area contributed by atoms with Crippen molar-refractivity contribution in [2.45, 2.75) is 25.4 Å². The van der Waals surface area contributed by atoms with Crippen molar-refractivity contribution in [3.05, 3.63) is 101 Å². The Labute approximate surface area is 172 Å². The molecule has 0 bridgehead atoms. The van der Waals surface area contributed by atoms with E-state index in [9.17, 15) is 4.39 Å². The molecule has 1 atom stereocenters. The lowest BCUT2D eigenvalue weighted by atomic mass is 9.89. The van der Waals surface area contributed by atoms with Crippen molar-refractivity contribution >= 4 is 5.57 Å². The molecule has 1 aliphatic heterocycles. The van der Waals surface area contributed by atoms with Gasteiger partial charge in [0.25, 0.3) is 0 Å². The molecule has 2 aliphatic carbocycles. The van der Waals surface area contributed by atoms with Crippen LogP contribution in [0.4, 0.5) is 4.39 Å². The number of halogens is 1. The summed E-state index contributed by atoms with van der Waals surface area (Å²) in [5, 5.41) is 0. The summed E-state index contributed by atoms with van der Waals surface area (Å²) in [4.78, 5) is 5.03. The molecule has 0 N–H and O–H groups in total. The first kappa shape index (κ1) is 18.5. The Bertz CT molecular complexity index is 980. The predicted molar refractivity (Wildman–Crippen MR) is 117 cm³/mol. The molecule has 3 heteroatoms. The second kappa shape index (κ2) is 8.10. The van der Waals surface area contributed by atoms with Gasteiger partial charge in [0, 0.05) is 32.7 Å². The molecule has 0 spiro atoms. The summed E-state index contributed by atoms with van der Waals surface area (Å²) in [7, 11) is 0. The first-order chi connectivity index (χ1) is 14.3. The fourth-order valence-electron chi connectivity index (χ4n) is 4.87. The van der Waals surface area contributed by atoms with E-state index < -0.39 is 0 Å². The van der Waals surface area contributed by atoms with Gasteiger partial charge in [0.1, 0.15) is 5.82 Å². The highest BCUT2D eigenvalue weighted by Gasteiger charge is 2.27. The zero-order valence-electron chi connectivity index (χ0n) is 16.7. The van der Waals surface area contributed by atoms with Gasteiger partial charge < -0.3 is 0 Å². The van der Waals surface area contributed by atoms with Crippen molar-refractivity contribution in [2.24, 2.45) is 0 Å². The van der Waals surface area contributed by atoms with Crippen LogP contribution in [-0.4, -0.2) is 36.0 Å². The zero-order valence-corrected chi connectivity index (χ0v) is 16.7. The average Bonchev–Trinajstić information content (AvgIpc) is 2.92. The highest BCUT2D eigenvalue weighted by molar-refractivity contribution is 5.78. The lowest BCUT2D eigenvalue weighted by Gasteiger charge is -2.39. The van der Waals surface area contributed by atoms with E-state index in [0.29, 0.717) is 6.04 Å². The highest BCUT2D eigenvalue weighted by atomic mass is 19.1. The molecular formula is C26H27FN2. The molecule has 3 aliphatic rings. The summed E-state index contributed by atoms with van der Waals surface area (Å²) in [5.41, 5.74) is 6.77. The first-order valence-electron chi connectivity index (χ1n) is 10.7. The van der Waals surface area contributed by atoms with Crippen LogP contribution in [0.5, 0.6) is 0 Å². The minimum absolute atomic E-state index is 0.146. The minimum atomic E-state index is -0.146. The van der Waals surface area contributed by atoms with E-state index in [2.05, 4.69) is 58.4 Å². The second-order valence-electron chi connectivity index (χ2n) is 8.21. The fraction of sp³-hybridized carbons (Fsp3) is 0.308. The summed E-state index contributed by atoms with van der Waals surface area (Å²) >= 11 is 0. The summed E-state index contributed by atoms with van der Waals surface area (Å²) in [5.74, 6) is -0.146. The molecule has 2 nitrogen and oxygen atoms in total. The molecule has 5 rings (SSSR count). The summed E-state index contributed by atoms with van der Waals surface area (Å²) in [6.45, 7) is 4.90. The van der Waals surface area contributed by atoms with Crippen molar-refractivity contribution in [3.63, 3.8) is 0 Å². The monoisotopic (exact) mass is 386 g/mol. The largest absolute Gasteiger partial charge is 0.297 e. The number of nitrogens with zero attached hydrogens (tertiary/aromatic N) is 2. The van der Waals surface area contributed by atoms with Crippen LogP contribution in [0, 0.1) is 5.82 Å². The van der Waals surface area contributed by atoms with Crippen LogP contribution in [0.3, 0.4) is 0 Å². The molecular weight excluding hydrogens is 359 g/mol. The van der Waals surface area contributed by atoms with Crippen LogP contribution in [0.1, 0.15) is 35.6 Å². The van der Waals surface area contributed by atoms with Gasteiger partial charge in [0.05, 0.1) is 6.04 Å². The van der Waals surface area contributed by atoms with Crippen molar-refractivity contribution in [1.82, 2.24) is 9.80 Å². The van der Waals surface area contributed by atoms with Crippen LogP contribution < -0.4 is 0 Å². The van der Waals surface area contributed by atoms with E-state index in [0.717, 1.165) is 51.1 Å². The third kappa shape index (κ3) is 3.85. The van der Waals surface area contributed by atoms with E-state index >= 15 is 0 Å². The zero-order chi connectivity index (χ0) is 19.6. The molecule has 0 amide bonds. The molecule has 1 fully saturated rings. The van der Waals surface area contributed by atoms with Gasteiger partial charge >= 0.3 is 0 Å². The third-order valence-corrected chi connectivity index (χ3v) is 6.36. The molecule has 1 saturated heterocycles. The molecule has 2 aromatic rings. The maximum absolute atomic E-state index is 13.5. The summed E-state index contributed by atoms with van der Waals surface area (Å²) < 4.78 is 13.5. The molecule has 0 aromatic heterocycles. The van der Waals surface area contributed by atoms with Gasteiger partial charge in [0.15, 0.2) is 0 Å².